The molecule has 1 aliphatic rings. The van der Waals surface area contributed by atoms with Gasteiger partial charge in [-0.15, -0.1) is 0 Å². The predicted molar refractivity (Wildman–Crippen MR) is 66.6 cm³/mol. The van der Waals surface area contributed by atoms with Crippen molar-refractivity contribution in [3.63, 3.8) is 0 Å². The van der Waals surface area contributed by atoms with Crippen LogP contribution in [0.3, 0.4) is 0 Å². The Kier molecular flexibility index (Phi) is 3.79. The van der Waals surface area contributed by atoms with Crippen LogP contribution in [-0.2, 0) is 11.2 Å². The first-order valence-corrected chi connectivity index (χ1v) is 5.82. The summed E-state index contributed by atoms with van der Waals surface area (Å²) < 4.78 is 0. The van der Waals surface area contributed by atoms with Gasteiger partial charge in [-0.25, -0.2) is 0 Å². The Morgan fingerprint density at radius 2 is 2.24 bits per heavy atom. The molecule has 1 aromatic carbocycles. The standard InChI is InChI=1S/C14H15NO2/c16-9-3-1-2-4-11-5-6-12-7-8-14(17)15-13(12)10-11/h5-6,10,16H,1,3,7-9H2,(H,15,17). The first-order valence-electron chi connectivity index (χ1n) is 5.82. The van der Waals surface area contributed by atoms with Gasteiger partial charge in [0.25, 0.3) is 0 Å². The van der Waals surface area contributed by atoms with Crippen molar-refractivity contribution in [2.24, 2.45) is 0 Å². The molecule has 0 aromatic heterocycles. The number of carbonyl (C=O) groups excluding carboxylic acids is 1. The maximum atomic E-state index is 11.3. The topological polar surface area (TPSA) is 49.3 Å². The van der Waals surface area contributed by atoms with Gasteiger partial charge in [0.05, 0.1) is 0 Å². The summed E-state index contributed by atoms with van der Waals surface area (Å²) in [4.78, 5) is 11.3. The first-order chi connectivity index (χ1) is 8.29. The number of carbonyl (C=O) groups is 1. The largest absolute Gasteiger partial charge is 0.396 e. The molecule has 3 nitrogen and oxygen atoms in total. The van der Waals surface area contributed by atoms with Crippen LogP contribution in [0.1, 0.15) is 30.4 Å². The molecule has 0 atom stereocenters. The van der Waals surface area contributed by atoms with Crippen LogP contribution in [0, 0.1) is 11.8 Å². The highest BCUT2D eigenvalue weighted by atomic mass is 16.2. The molecule has 2 N–H and O–H groups in total. The normalized spacial score (nSPS) is 13.4. The minimum absolute atomic E-state index is 0.0721. The maximum Gasteiger partial charge on any atom is 0.224 e. The Bertz CT molecular complexity index is 483. The average molecular weight is 229 g/mol. The second-order valence-corrected chi connectivity index (χ2v) is 4.05. The van der Waals surface area contributed by atoms with E-state index in [-0.39, 0.29) is 12.5 Å². The van der Waals surface area contributed by atoms with E-state index in [0.717, 1.165) is 17.7 Å². The van der Waals surface area contributed by atoms with Crippen LogP contribution in [-0.4, -0.2) is 17.6 Å². The van der Waals surface area contributed by atoms with Gasteiger partial charge in [-0.2, -0.15) is 0 Å². The van der Waals surface area contributed by atoms with E-state index in [0.29, 0.717) is 19.3 Å². The maximum absolute atomic E-state index is 11.3. The lowest BCUT2D eigenvalue weighted by Gasteiger charge is -2.16. The van der Waals surface area contributed by atoms with Crippen LogP contribution in [0.25, 0.3) is 0 Å². The first kappa shape index (κ1) is 11.7. The van der Waals surface area contributed by atoms with Crippen molar-refractivity contribution >= 4 is 11.6 Å². The van der Waals surface area contributed by atoms with Crippen LogP contribution < -0.4 is 5.32 Å². The van der Waals surface area contributed by atoms with E-state index in [1.807, 2.05) is 18.2 Å². The van der Waals surface area contributed by atoms with Crippen molar-refractivity contribution in [1.29, 1.82) is 0 Å². The molecule has 3 heteroatoms. The minimum atomic E-state index is 0.0721. The van der Waals surface area contributed by atoms with Crippen LogP contribution in [0.5, 0.6) is 0 Å². The van der Waals surface area contributed by atoms with E-state index in [2.05, 4.69) is 17.2 Å². The molecule has 17 heavy (non-hydrogen) atoms. The van der Waals surface area contributed by atoms with Gasteiger partial charge < -0.3 is 10.4 Å². The zero-order chi connectivity index (χ0) is 12.1. The number of aliphatic hydroxyl groups is 1. The number of aryl methyl sites for hydroxylation is 1. The van der Waals surface area contributed by atoms with E-state index in [1.54, 1.807) is 0 Å². The summed E-state index contributed by atoms with van der Waals surface area (Å²) in [5.41, 5.74) is 2.96. The summed E-state index contributed by atoms with van der Waals surface area (Å²) in [6.07, 6.45) is 2.77. The zero-order valence-corrected chi connectivity index (χ0v) is 9.62. The van der Waals surface area contributed by atoms with Gasteiger partial charge in [0, 0.05) is 30.7 Å². The third-order valence-corrected chi connectivity index (χ3v) is 2.70. The highest BCUT2D eigenvalue weighted by molar-refractivity contribution is 5.94. The number of fused-ring (bicyclic) bond motifs is 1. The van der Waals surface area contributed by atoms with Gasteiger partial charge >= 0.3 is 0 Å². The number of hydrogen-bond acceptors (Lipinski definition) is 2. The lowest BCUT2D eigenvalue weighted by Crippen LogP contribution is -2.18. The average Bonchev–Trinajstić information content (AvgIpc) is 2.34. The van der Waals surface area contributed by atoms with Gasteiger partial charge in [0.2, 0.25) is 5.91 Å². The Morgan fingerprint density at radius 3 is 3.06 bits per heavy atom. The Hall–Kier alpha value is -1.79. The molecule has 0 fully saturated rings. The molecule has 0 saturated heterocycles. The molecule has 0 aliphatic carbocycles. The third-order valence-electron chi connectivity index (χ3n) is 2.70. The van der Waals surface area contributed by atoms with Crippen LogP contribution in [0.4, 0.5) is 5.69 Å². The number of nitrogens with one attached hydrogen (secondary N) is 1. The summed E-state index contributed by atoms with van der Waals surface area (Å²) >= 11 is 0. The molecule has 2 rings (SSSR count). The lowest BCUT2D eigenvalue weighted by molar-refractivity contribution is -0.116. The number of rotatable bonds is 2. The number of benzene rings is 1. The monoisotopic (exact) mass is 229 g/mol. The molecular formula is C14H15NO2. The predicted octanol–water partition coefficient (Wildman–Crippen LogP) is 1.70. The summed E-state index contributed by atoms with van der Waals surface area (Å²) in [6, 6.07) is 5.91. The zero-order valence-electron chi connectivity index (χ0n) is 9.62. The van der Waals surface area contributed by atoms with Gasteiger partial charge in [0.1, 0.15) is 0 Å². The van der Waals surface area contributed by atoms with Crippen LogP contribution >= 0.6 is 0 Å². The fourth-order valence-electron chi connectivity index (χ4n) is 1.78. The van der Waals surface area contributed by atoms with Crippen molar-refractivity contribution in [2.75, 3.05) is 11.9 Å². The van der Waals surface area contributed by atoms with E-state index in [4.69, 9.17) is 5.11 Å². The molecule has 0 spiro atoms. The minimum Gasteiger partial charge on any atom is -0.396 e. The smallest absolute Gasteiger partial charge is 0.224 e. The second-order valence-electron chi connectivity index (χ2n) is 4.05. The van der Waals surface area contributed by atoms with Gasteiger partial charge in [0.15, 0.2) is 0 Å². The Labute approximate surface area is 101 Å². The van der Waals surface area contributed by atoms with E-state index in [9.17, 15) is 4.79 Å². The summed E-state index contributed by atoms with van der Waals surface area (Å²) in [5.74, 6) is 6.10. The number of aliphatic hydroxyl groups excluding tert-OH is 1. The van der Waals surface area contributed by atoms with Gasteiger partial charge in [-0.3, -0.25) is 4.79 Å². The molecular weight excluding hydrogens is 214 g/mol. The number of unbranched alkanes of at least 4 members (excludes halogenated alkanes) is 1. The second kappa shape index (κ2) is 5.51. The molecule has 0 unspecified atom stereocenters. The quantitative estimate of drug-likeness (QED) is 0.599. The number of amides is 1. The molecule has 1 heterocycles. The Morgan fingerprint density at radius 1 is 1.35 bits per heavy atom. The van der Waals surface area contributed by atoms with Crippen molar-refractivity contribution < 1.29 is 9.90 Å². The summed E-state index contributed by atoms with van der Waals surface area (Å²) in [7, 11) is 0. The molecule has 0 radical (unpaired) electrons. The molecule has 0 saturated carbocycles. The van der Waals surface area contributed by atoms with Crippen molar-refractivity contribution in [3.05, 3.63) is 29.3 Å². The molecule has 0 bridgehead atoms. The fourth-order valence-corrected chi connectivity index (χ4v) is 1.78. The van der Waals surface area contributed by atoms with Crippen molar-refractivity contribution in [1.82, 2.24) is 0 Å². The van der Waals surface area contributed by atoms with E-state index >= 15 is 0 Å². The SMILES string of the molecule is O=C1CCc2ccc(C#CCCCO)cc2N1. The van der Waals surface area contributed by atoms with Crippen LogP contribution in [0.2, 0.25) is 0 Å². The number of anilines is 1. The molecule has 1 aliphatic heterocycles. The molecule has 88 valence electrons. The van der Waals surface area contributed by atoms with E-state index < -0.39 is 0 Å². The Balaban J connectivity index is 2.12. The highest BCUT2D eigenvalue weighted by Crippen LogP contribution is 2.23. The number of hydrogen-bond donors (Lipinski definition) is 2. The highest BCUT2D eigenvalue weighted by Gasteiger charge is 2.13. The van der Waals surface area contributed by atoms with Crippen molar-refractivity contribution in [2.45, 2.75) is 25.7 Å². The van der Waals surface area contributed by atoms with Crippen molar-refractivity contribution in [3.8, 4) is 11.8 Å². The summed E-state index contributed by atoms with van der Waals surface area (Å²) in [5, 5.41) is 11.5. The molecule has 1 aromatic rings. The van der Waals surface area contributed by atoms with Gasteiger partial charge in [-0.1, -0.05) is 17.9 Å². The summed E-state index contributed by atoms with van der Waals surface area (Å²) in [6.45, 7) is 0.176. The van der Waals surface area contributed by atoms with E-state index in [1.165, 1.54) is 5.56 Å². The lowest BCUT2D eigenvalue weighted by atomic mass is 10.0. The van der Waals surface area contributed by atoms with Crippen LogP contribution in [0.15, 0.2) is 18.2 Å². The molecule has 1 amide bonds. The third kappa shape index (κ3) is 3.08. The van der Waals surface area contributed by atoms with Gasteiger partial charge in [-0.05, 0) is 30.5 Å². The fraction of sp³-hybridized carbons (Fsp3) is 0.357.